The molecule has 1 N–H and O–H groups in total. The van der Waals surface area contributed by atoms with Gasteiger partial charge < -0.3 is 5.32 Å². The summed E-state index contributed by atoms with van der Waals surface area (Å²) in [7, 11) is 0. The number of halogens is 4. The van der Waals surface area contributed by atoms with E-state index in [1.54, 1.807) is 19.2 Å². The fourth-order valence-electron chi connectivity index (χ4n) is 2.66. The number of nitrogens with zero attached hydrogens (tertiary/aromatic N) is 1. The van der Waals surface area contributed by atoms with E-state index in [9.17, 15) is 18.0 Å². The Morgan fingerprint density at radius 3 is 2.71 bits per heavy atom. The largest absolute Gasteiger partial charge is 0.417 e. The number of hydrogen-bond acceptors (Lipinski definition) is 2. The SMILES string of the molecule is CC(CNC(=O)c1ccccc1C(F)(F)F)c1ncc(C#CC2CC2)cc1Cl. The molecule has 0 saturated heterocycles. The highest BCUT2D eigenvalue weighted by Crippen LogP contribution is 2.32. The third kappa shape index (κ3) is 5.05. The normalized spacial score (nSPS) is 14.8. The lowest BCUT2D eigenvalue weighted by Gasteiger charge is -2.16. The third-order valence-corrected chi connectivity index (χ3v) is 4.68. The van der Waals surface area contributed by atoms with Crippen molar-refractivity contribution >= 4 is 17.5 Å². The van der Waals surface area contributed by atoms with Gasteiger partial charge in [0.1, 0.15) is 0 Å². The molecule has 1 atom stereocenters. The lowest BCUT2D eigenvalue weighted by Crippen LogP contribution is -2.29. The molecule has 1 amide bonds. The molecule has 0 bridgehead atoms. The van der Waals surface area contributed by atoms with Gasteiger partial charge in [0.2, 0.25) is 0 Å². The third-order valence-electron chi connectivity index (χ3n) is 4.38. The van der Waals surface area contributed by atoms with Crippen molar-refractivity contribution in [2.75, 3.05) is 6.54 Å². The Labute approximate surface area is 166 Å². The molecule has 1 aromatic carbocycles. The standard InChI is InChI=1S/C21H18ClF3N2O/c1-13(19-18(22)10-15(12-26-19)9-8-14-6-7-14)11-27-20(28)16-4-2-3-5-17(16)21(23,24)25/h2-5,10,12-14H,6-7,11H2,1H3,(H,27,28). The minimum Gasteiger partial charge on any atom is -0.351 e. The highest BCUT2D eigenvalue weighted by molar-refractivity contribution is 6.31. The fraction of sp³-hybridized carbons (Fsp3) is 0.333. The van der Waals surface area contributed by atoms with E-state index in [0.29, 0.717) is 16.6 Å². The lowest BCUT2D eigenvalue weighted by molar-refractivity contribution is -0.137. The van der Waals surface area contributed by atoms with Gasteiger partial charge in [-0.3, -0.25) is 9.78 Å². The van der Waals surface area contributed by atoms with Crippen LogP contribution in [0.1, 0.15) is 52.9 Å². The number of carbonyl (C=O) groups is 1. The van der Waals surface area contributed by atoms with Crippen molar-refractivity contribution in [1.82, 2.24) is 10.3 Å². The summed E-state index contributed by atoms with van der Waals surface area (Å²) in [6.07, 6.45) is -0.726. The molecule has 146 valence electrons. The van der Waals surface area contributed by atoms with Crippen LogP contribution < -0.4 is 5.32 Å². The van der Waals surface area contributed by atoms with Crippen LogP contribution in [0.2, 0.25) is 5.02 Å². The van der Waals surface area contributed by atoms with Gasteiger partial charge in [-0.25, -0.2) is 0 Å². The minimum absolute atomic E-state index is 0.102. The minimum atomic E-state index is -4.60. The van der Waals surface area contributed by atoms with Crippen molar-refractivity contribution in [2.45, 2.75) is 31.9 Å². The molecule has 3 rings (SSSR count). The highest BCUT2D eigenvalue weighted by Gasteiger charge is 2.34. The number of nitrogens with one attached hydrogen (secondary N) is 1. The van der Waals surface area contributed by atoms with E-state index in [1.165, 1.54) is 12.1 Å². The van der Waals surface area contributed by atoms with Crippen LogP contribution in [0.15, 0.2) is 36.5 Å². The first-order valence-electron chi connectivity index (χ1n) is 8.87. The van der Waals surface area contributed by atoms with Crippen LogP contribution in [0.5, 0.6) is 0 Å². The van der Waals surface area contributed by atoms with Crippen LogP contribution in [0.3, 0.4) is 0 Å². The van der Waals surface area contributed by atoms with Gasteiger partial charge in [-0.05, 0) is 31.0 Å². The number of hydrogen-bond donors (Lipinski definition) is 1. The maximum atomic E-state index is 13.1. The van der Waals surface area contributed by atoms with Gasteiger partial charge in [-0.15, -0.1) is 0 Å². The van der Waals surface area contributed by atoms with Gasteiger partial charge >= 0.3 is 6.18 Å². The van der Waals surface area contributed by atoms with Crippen LogP contribution in [-0.2, 0) is 6.18 Å². The van der Waals surface area contributed by atoms with Crippen LogP contribution in [0, 0.1) is 17.8 Å². The predicted octanol–water partition coefficient (Wildman–Crippen LogP) is 5.05. The molecule has 0 spiro atoms. The summed E-state index contributed by atoms with van der Waals surface area (Å²) in [6, 6.07) is 6.41. The van der Waals surface area contributed by atoms with Gasteiger partial charge in [0, 0.05) is 30.1 Å². The van der Waals surface area contributed by atoms with E-state index in [0.717, 1.165) is 30.5 Å². The average molecular weight is 407 g/mol. The molecule has 1 heterocycles. The smallest absolute Gasteiger partial charge is 0.351 e. The first kappa shape index (κ1) is 20.2. The number of aromatic nitrogens is 1. The molecule has 0 aliphatic heterocycles. The molecule has 1 unspecified atom stereocenters. The zero-order valence-electron chi connectivity index (χ0n) is 15.1. The predicted molar refractivity (Wildman–Crippen MR) is 101 cm³/mol. The van der Waals surface area contributed by atoms with Crippen molar-refractivity contribution in [3.8, 4) is 11.8 Å². The van der Waals surface area contributed by atoms with Gasteiger partial charge in [0.15, 0.2) is 0 Å². The van der Waals surface area contributed by atoms with E-state index in [2.05, 4.69) is 22.1 Å². The van der Waals surface area contributed by atoms with Crippen LogP contribution >= 0.6 is 11.6 Å². The topological polar surface area (TPSA) is 42.0 Å². The van der Waals surface area contributed by atoms with Crippen molar-refractivity contribution in [2.24, 2.45) is 5.92 Å². The zero-order valence-corrected chi connectivity index (χ0v) is 15.9. The number of alkyl halides is 3. The molecule has 1 aromatic heterocycles. The van der Waals surface area contributed by atoms with Crippen LogP contribution in [0.4, 0.5) is 13.2 Å². The average Bonchev–Trinajstić information content (AvgIpc) is 3.48. The number of pyridine rings is 1. The van der Waals surface area contributed by atoms with E-state index >= 15 is 0 Å². The van der Waals surface area contributed by atoms with Gasteiger partial charge in [0.05, 0.1) is 21.8 Å². The summed E-state index contributed by atoms with van der Waals surface area (Å²) in [5, 5.41) is 2.95. The Kier molecular flexibility index (Phi) is 5.95. The number of carbonyl (C=O) groups excluding carboxylic acids is 1. The Morgan fingerprint density at radius 1 is 1.36 bits per heavy atom. The summed E-state index contributed by atoms with van der Waals surface area (Å²) in [5.74, 6) is 5.56. The van der Waals surface area contributed by atoms with Crippen LogP contribution in [-0.4, -0.2) is 17.4 Å². The van der Waals surface area contributed by atoms with Gasteiger partial charge in [-0.1, -0.05) is 42.5 Å². The molecule has 3 nitrogen and oxygen atoms in total. The molecular weight excluding hydrogens is 389 g/mol. The first-order valence-corrected chi connectivity index (χ1v) is 9.25. The van der Waals surface area contributed by atoms with E-state index < -0.39 is 23.2 Å². The molecular formula is C21H18ClF3N2O. The molecule has 1 fully saturated rings. The molecule has 1 aliphatic carbocycles. The van der Waals surface area contributed by atoms with E-state index in [1.807, 2.05) is 0 Å². The number of rotatable bonds is 4. The second kappa shape index (κ2) is 8.24. The van der Waals surface area contributed by atoms with Crippen LogP contribution in [0.25, 0.3) is 0 Å². The Morgan fingerprint density at radius 2 is 2.07 bits per heavy atom. The molecule has 1 aliphatic rings. The van der Waals surface area contributed by atoms with E-state index in [4.69, 9.17) is 11.6 Å². The van der Waals surface area contributed by atoms with Crippen molar-refractivity contribution in [3.05, 3.63) is 63.9 Å². The maximum absolute atomic E-state index is 13.1. The summed E-state index contributed by atoms with van der Waals surface area (Å²) in [5.41, 5.74) is -0.0964. The van der Waals surface area contributed by atoms with Crippen molar-refractivity contribution < 1.29 is 18.0 Å². The monoisotopic (exact) mass is 406 g/mol. The van der Waals surface area contributed by atoms with Gasteiger partial charge in [-0.2, -0.15) is 13.2 Å². The molecule has 28 heavy (non-hydrogen) atoms. The summed E-state index contributed by atoms with van der Waals surface area (Å²) < 4.78 is 39.2. The zero-order chi connectivity index (χ0) is 20.3. The fourth-order valence-corrected chi connectivity index (χ4v) is 3.01. The highest BCUT2D eigenvalue weighted by atomic mass is 35.5. The second-order valence-corrected chi connectivity index (χ2v) is 7.20. The first-order chi connectivity index (χ1) is 13.3. The molecule has 2 aromatic rings. The van der Waals surface area contributed by atoms with E-state index in [-0.39, 0.29) is 12.5 Å². The molecule has 7 heteroatoms. The maximum Gasteiger partial charge on any atom is 0.417 e. The molecule has 0 radical (unpaired) electrons. The summed E-state index contributed by atoms with van der Waals surface area (Å²) >= 11 is 6.28. The Hall–Kier alpha value is -2.52. The Balaban J connectivity index is 1.67. The molecule has 1 saturated carbocycles. The van der Waals surface area contributed by atoms with Crippen molar-refractivity contribution in [3.63, 3.8) is 0 Å². The van der Waals surface area contributed by atoms with Crippen molar-refractivity contribution in [1.29, 1.82) is 0 Å². The lowest BCUT2D eigenvalue weighted by atomic mass is 10.0. The summed E-state index contributed by atoms with van der Waals surface area (Å²) in [6.45, 7) is 1.89. The second-order valence-electron chi connectivity index (χ2n) is 6.79. The summed E-state index contributed by atoms with van der Waals surface area (Å²) in [4.78, 5) is 16.6. The Bertz CT molecular complexity index is 943. The quantitative estimate of drug-likeness (QED) is 0.722. The van der Waals surface area contributed by atoms with Gasteiger partial charge in [0.25, 0.3) is 5.91 Å². The number of amides is 1. The number of benzene rings is 1.